The minimum atomic E-state index is -1.33. The molecule has 0 saturated carbocycles. The third-order valence-corrected chi connectivity index (χ3v) is 7.70. The lowest BCUT2D eigenvalue weighted by Gasteiger charge is -2.49. The number of H-pyrrole nitrogens is 1. The second-order valence-electron chi connectivity index (χ2n) is 6.79. The quantitative estimate of drug-likeness (QED) is 0.0574. The lowest BCUT2D eigenvalue weighted by Crippen LogP contribution is -2.71. The Morgan fingerprint density at radius 2 is 2.09 bits per heavy atom. The number of Topliss-reactive ketones (excluding diaryl/α,β-unsaturated/α-hetero) is 1. The average molecular weight is 577 g/mol. The molecule has 1 fully saturated rings. The predicted molar refractivity (Wildman–Crippen MR) is 124 cm³/mol. The van der Waals surface area contributed by atoms with E-state index in [4.69, 9.17) is 0 Å². The molecule has 0 radical (unpaired) electrons. The van der Waals surface area contributed by atoms with Gasteiger partial charge in [-0.1, -0.05) is 32.8 Å². The van der Waals surface area contributed by atoms with E-state index in [2.05, 4.69) is 41.4 Å². The van der Waals surface area contributed by atoms with Gasteiger partial charge >= 0.3 is 17.1 Å². The molecule has 0 unspecified atom stereocenters. The highest BCUT2D eigenvalue weighted by atomic mass is 79.9. The number of aliphatic carboxylic acids is 1. The van der Waals surface area contributed by atoms with Crippen LogP contribution < -0.4 is 16.4 Å². The fourth-order valence-electron chi connectivity index (χ4n) is 3.12. The molecule has 3 heterocycles. The van der Waals surface area contributed by atoms with Gasteiger partial charge in [-0.05, 0) is 5.57 Å². The first-order valence-electron chi connectivity index (χ1n) is 9.32. The normalized spacial score (nSPS) is 19.9. The SMILES string of the molecule is CO/N=C(/C(=O)CBr)C(=O)N[C@@H]1C(=O)N2C(C(=O)O)=C(CSc3n[nH]c(=O)c(=O)n3C)CS[C@H]12. The molecule has 182 valence electrons. The largest absolute Gasteiger partial charge is 0.477 e. The lowest BCUT2D eigenvalue weighted by molar-refractivity contribution is -0.150. The molecular formula is C17H17BrN6O8S2. The van der Waals surface area contributed by atoms with Crippen LogP contribution in [-0.4, -0.2) is 89.4 Å². The second kappa shape index (κ2) is 10.6. The van der Waals surface area contributed by atoms with Crippen molar-refractivity contribution in [1.29, 1.82) is 0 Å². The van der Waals surface area contributed by atoms with Crippen molar-refractivity contribution in [2.24, 2.45) is 12.2 Å². The molecule has 14 nitrogen and oxygen atoms in total. The van der Waals surface area contributed by atoms with Crippen LogP contribution in [0.3, 0.4) is 0 Å². The number of β-lactam (4-membered cyclic amide) rings is 1. The van der Waals surface area contributed by atoms with Crippen LogP contribution in [0.1, 0.15) is 0 Å². The van der Waals surface area contributed by atoms with Crippen LogP contribution in [0.5, 0.6) is 0 Å². The molecule has 34 heavy (non-hydrogen) atoms. The maximum atomic E-state index is 12.8. The fraction of sp³-hybridized carbons (Fsp3) is 0.412. The summed E-state index contributed by atoms with van der Waals surface area (Å²) in [7, 11) is 2.52. The highest BCUT2D eigenvalue weighted by molar-refractivity contribution is 9.09. The number of fused-ring (bicyclic) bond motifs is 1. The van der Waals surface area contributed by atoms with E-state index in [1.54, 1.807) is 0 Å². The van der Waals surface area contributed by atoms with Crippen LogP contribution in [0.4, 0.5) is 0 Å². The molecule has 0 bridgehead atoms. The smallest absolute Gasteiger partial charge is 0.352 e. The number of aromatic amines is 1. The van der Waals surface area contributed by atoms with Crippen molar-refractivity contribution in [2.45, 2.75) is 16.6 Å². The summed E-state index contributed by atoms with van der Waals surface area (Å²) in [5.74, 6) is -3.28. The number of halogens is 1. The molecule has 2 amide bonds. The highest BCUT2D eigenvalue weighted by Gasteiger charge is 2.54. The first-order valence-corrected chi connectivity index (χ1v) is 12.5. The molecule has 1 aromatic rings. The summed E-state index contributed by atoms with van der Waals surface area (Å²) in [6, 6.07) is -1.06. The molecule has 3 N–H and O–H groups in total. The van der Waals surface area contributed by atoms with Gasteiger partial charge in [-0.25, -0.2) is 9.89 Å². The second-order valence-corrected chi connectivity index (χ2v) is 9.39. The molecule has 1 saturated heterocycles. The molecule has 0 aliphatic carbocycles. The molecule has 0 aromatic carbocycles. The molecule has 1 aromatic heterocycles. The molecular weight excluding hydrogens is 560 g/mol. The first kappa shape index (κ1) is 25.7. The van der Waals surface area contributed by atoms with Crippen LogP contribution in [-0.2, 0) is 31.1 Å². The van der Waals surface area contributed by atoms with Crippen molar-refractivity contribution in [3.63, 3.8) is 0 Å². The number of oxime groups is 1. The van der Waals surface area contributed by atoms with Crippen molar-refractivity contribution in [2.75, 3.05) is 23.9 Å². The standard InChI is InChI=1S/C17H17BrN6O8S2/c1-23-14(29)12(27)20-21-17(23)34-5-6-4-33-15-9(13(28)24(15)10(6)16(30)31)19-11(26)8(22-32-2)7(25)3-18/h9,15H,3-5H2,1-2H3,(H,19,26)(H,20,27)(H,30,31)/b22-8-/t9-,15-/m1/s1. The van der Waals surface area contributed by atoms with Gasteiger partial charge < -0.3 is 15.3 Å². The number of aromatic nitrogens is 3. The Morgan fingerprint density at radius 3 is 2.71 bits per heavy atom. The van der Waals surface area contributed by atoms with E-state index in [1.807, 2.05) is 0 Å². The Labute approximate surface area is 207 Å². The Hall–Kier alpha value is -2.92. The number of carboxylic acids is 1. The zero-order valence-electron chi connectivity index (χ0n) is 17.6. The Morgan fingerprint density at radius 1 is 1.38 bits per heavy atom. The van der Waals surface area contributed by atoms with Crippen LogP contribution in [0.15, 0.2) is 31.2 Å². The summed E-state index contributed by atoms with van der Waals surface area (Å²) in [5, 5.41) is 20.7. The van der Waals surface area contributed by atoms with E-state index in [0.29, 0.717) is 5.57 Å². The average Bonchev–Trinajstić information content (AvgIpc) is 2.82. The monoisotopic (exact) mass is 576 g/mol. The fourth-order valence-corrected chi connectivity index (χ4v) is 5.79. The van der Waals surface area contributed by atoms with Gasteiger partial charge in [-0.2, -0.15) is 0 Å². The van der Waals surface area contributed by atoms with Crippen LogP contribution in [0.2, 0.25) is 0 Å². The van der Waals surface area contributed by atoms with Gasteiger partial charge in [0.1, 0.15) is 24.2 Å². The molecule has 0 spiro atoms. The van der Waals surface area contributed by atoms with Crippen LogP contribution in [0, 0.1) is 0 Å². The zero-order chi connectivity index (χ0) is 25.2. The molecule has 2 aliphatic heterocycles. The van der Waals surface area contributed by atoms with Gasteiger partial charge in [0.15, 0.2) is 5.16 Å². The topological polar surface area (TPSA) is 193 Å². The molecule has 2 aliphatic rings. The maximum Gasteiger partial charge on any atom is 0.352 e. The van der Waals surface area contributed by atoms with Gasteiger partial charge in [-0.3, -0.25) is 33.4 Å². The van der Waals surface area contributed by atoms with Gasteiger partial charge in [0.05, 0.1) is 5.33 Å². The Bertz CT molecular complexity index is 1240. The number of ketones is 1. The predicted octanol–water partition coefficient (Wildman–Crippen LogP) is -1.73. The highest BCUT2D eigenvalue weighted by Crippen LogP contribution is 2.41. The summed E-state index contributed by atoms with van der Waals surface area (Å²) in [6.07, 6.45) is 0. The third-order valence-electron chi connectivity index (χ3n) is 4.73. The van der Waals surface area contributed by atoms with E-state index in [0.717, 1.165) is 28.3 Å². The number of amides is 2. The minimum Gasteiger partial charge on any atom is -0.477 e. The molecule has 2 atom stereocenters. The number of thioether (sulfide) groups is 2. The van der Waals surface area contributed by atoms with Gasteiger partial charge in [0.2, 0.25) is 11.5 Å². The van der Waals surface area contributed by atoms with Crippen LogP contribution >= 0.6 is 39.5 Å². The van der Waals surface area contributed by atoms with Crippen molar-refractivity contribution < 1.29 is 29.1 Å². The lowest BCUT2D eigenvalue weighted by atomic mass is 10.0. The summed E-state index contributed by atoms with van der Waals surface area (Å²) in [4.78, 5) is 77.7. The summed E-state index contributed by atoms with van der Waals surface area (Å²) < 4.78 is 1.04. The van der Waals surface area contributed by atoms with E-state index in [9.17, 15) is 33.9 Å². The van der Waals surface area contributed by atoms with Crippen molar-refractivity contribution in [1.82, 2.24) is 25.0 Å². The Kier molecular flexibility index (Phi) is 7.98. The number of carbonyl (C=O) groups excluding carboxylic acids is 3. The molecule has 17 heteroatoms. The van der Waals surface area contributed by atoms with Crippen molar-refractivity contribution in [3.8, 4) is 0 Å². The number of hydrogen-bond acceptors (Lipinski definition) is 11. The number of hydrogen-bond donors (Lipinski definition) is 3. The maximum absolute atomic E-state index is 12.8. The Balaban J connectivity index is 1.78. The van der Waals surface area contributed by atoms with Gasteiger partial charge in [0, 0.05) is 18.6 Å². The van der Waals surface area contributed by atoms with E-state index < -0.39 is 51.8 Å². The third kappa shape index (κ3) is 4.80. The number of nitrogens with zero attached hydrogens (tertiary/aromatic N) is 4. The van der Waals surface area contributed by atoms with E-state index >= 15 is 0 Å². The summed E-state index contributed by atoms with van der Waals surface area (Å²) in [5.41, 5.74) is -2.06. The zero-order valence-corrected chi connectivity index (χ0v) is 20.8. The van der Waals surface area contributed by atoms with Crippen molar-refractivity contribution >= 4 is 68.7 Å². The summed E-state index contributed by atoms with van der Waals surface area (Å²) in [6.45, 7) is 0. The number of carbonyl (C=O) groups is 4. The van der Waals surface area contributed by atoms with Gasteiger partial charge in [-0.15, -0.1) is 16.9 Å². The summed E-state index contributed by atoms with van der Waals surface area (Å²) >= 11 is 5.18. The first-order chi connectivity index (χ1) is 16.1. The van der Waals surface area contributed by atoms with Crippen LogP contribution in [0.25, 0.3) is 0 Å². The number of alkyl halides is 1. The minimum absolute atomic E-state index is 0.0822. The molecule has 3 rings (SSSR count). The van der Waals surface area contributed by atoms with Gasteiger partial charge in [0.25, 0.3) is 11.8 Å². The number of carboxylic acid groups (broad SMARTS) is 1. The number of rotatable bonds is 9. The van der Waals surface area contributed by atoms with Crippen molar-refractivity contribution in [3.05, 3.63) is 32.0 Å². The van der Waals surface area contributed by atoms with E-state index in [-0.39, 0.29) is 27.7 Å². The van der Waals surface area contributed by atoms with E-state index in [1.165, 1.54) is 18.8 Å². The number of nitrogens with one attached hydrogen (secondary N) is 2.